The lowest BCUT2D eigenvalue weighted by atomic mass is 9.78. The van der Waals surface area contributed by atoms with Crippen molar-refractivity contribution in [1.82, 2.24) is 4.90 Å². The van der Waals surface area contributed by atoms with E-state index in [9.17, 15) is 14.7 Å². The largest absolute Gasteiger partial charge is 0.490 e. The standard InChI is InChI=1S/C27H28FNO4/c1-14-17-3-2-8-33-27(17)22(28)9-18(14)26-19(10-23(31)32)24(15-4-5-15)20-11-29(13-30)12-21(20)25(26)16-6-7-16/h9,13,15-16H,2-8,10-12H2,1H3,(H,31,32). The van der Waals surface area contributed by atoms with E-state index >= 15 is 4.39 Å². The summed E-state index contributed by atoms with van der Waals surface area (Å²) in [5.41, 5.74) is 9.10. The second kappa shape index (κ2) is 7.57. The molecule has 2 fully saturated rings. The van der Waals surface area contributed by atoms with E-state index in [-0.39, 0.29) is 12.2 Å². The fourth-order valence-electron chi connectivity index (χ4n) is 6.10. The van der Waals surface area contributed by atoms with Crippen molar-refractivity contribution < 1.29 is 23.8 Å². The molecule has 172 valence electrons. The van der Waals surface area contributed by atoms with Crippen LogP contribution in [-0.2, 0) is 35.5 Å². The van der Waals surface area contributed by atoms with Crippen LogP contribution in [0.3, 0.4) is 0 Å². The van der Waals surface area contributed by atoms with Gasteiger partial charge < -0.3 is 14.7 Å². The van der Waals surface area contributed by atoms with Crippen LogP contribution in [0.15, 0.2) is 6.07 Å². The van der Waals surface area contributed by atoms with Crippen LogP contribution >= 0.6 is 0 Å². The first kappa shape index (κ1) is 20.7. The van der Waals surface area contributed by atoms with Crippen LogP contribution in [0.2, 0.25) is 0 Å². The van der Waals surface area contributed by atoms with Gasteiger partial charge in [-0.15, -0.1) is 0 Å². The number of benzene rings is 2. The molecule has 2 aromatic rings. The van der Waals surface area contributed by atoms with Crippen molar-refractivity contribution in [3.63, 3.8) is 0 Å². The van der Waals surface area contributed by atoms with E-state index in [1.54, 1.807) is 11.0 Å². The first-order valence-electron chi connectivity index (χ1n) is 12.0. The lowest BCUT2D eigenvalue weighted by molar-refractivity contribution is -0.136. The van der Waals surface area contributed by atoms with Gasteiger partial charge in [-0.2, -0.15) is 0 Å². The summed E-state index contributed by atoms with van der Waals surface area (Å²) in [4.78, 5) is 25.6. The van der Waals surface area contributed by atoms with E-state index < -0.39 is 5.97 Å². The van der Waals surface area contributed by atoms with Gasteiger partial charge in [0.15, 0.2) is 11.6 Å². The average Bonchev–Trinajstić information content (AvgIpc) is 3.72. The number of fused-ring (bicyclic) bond motifs is 2. The maximum absolute atomic E-state index is 15.3. The van der Waals surface area contributed by atoms with Gasteiger partial charge in [-0.05, 0) is 108 Å². The molecule has 1 N–H and O–H groups in total. The number of hydrogen-bond acceptors (Lipinski definition) is 3. The van der Waals surface area contributed by atoms with E-state index in [2.05, 4.69) is 0 Å². The van der Waals surface area contributed by atoms with Crippen LogP contribution in [0.25, 0.3) is 11.1 Å². The lowest BCUT2D eigenvalue weighted by Gasteiger charge is -2.27. The Morgan fingerprint density at radius 3 is 2.45 bits per heavy atom. The molecule has 4 aliphatic rings. The predicted molar refractivity (Wildman–Crippen MR) is 121 cm³/mol. The van der Waals surface area contributed by atoms with Crippen molar-refractivity contribution in [3.05, 3.63) is 50.8 Å². The molecule has 6 heteroatoms. The Morgan fingerprint density at radius 2 is 1.82 bits per heavy atom. The SMILES string of the molecule is Cc1c(-c2c(CC(=O)O)c(C3CC3)c3c(c2C2CC2)CN(C=O)C3)cc(F)c2c1CCCO2. The Hall–Kier alpha value is -2.89. The number of amides is 1. The molecular formula is C27H28FNO4. The number of carboxylic acid groups (broad SMARTS) is 1. The zero-order valence-electron chi connectivity index (χ0n) is 18.9. The van der Waals surface area contributed by atoms with E-state index in [1.165, 1.54) is 5.56 Å². The molecule has 0 atom stereocenters. The van der Waals surface area contributed by atoms with Gasteiger partial charge in [0.05, 0.1) is 13.0 Å². The third kappa shape index (κ3) is 3.33. The molecule has 0 unspecified atom stereocenters. The van der Waals surface area contributed by atoms with Crippen LogP contribution in [0.5, 0.6) is 5.75 Å². The third-order valence-electron chi connectivity index (χ3n) is 7.79. The van der Waals surface area contributed by atoms with E-state index in [0.717, 1.165) is 89.4 Å². The first-order chi connectivity index (χ1) is 16.0. The van der Waals surface area contributed by atoms with Gasteiger partial charge in [0.25, 0.3) is 0 Å². The average molecular weight is 450 g/mol. The van der Waals surface area contributed by atoms with E-state index in [1.807, 2.05) is 6.92 Å². The Labute approximate surface area is 192 Å². The Balaban J connectivity index is 1.69. The van der Waals surface area contributed by atoms with Gasteiger partial charge in [-0.3, -0.25) is 9.59 Å². The maximum Gasteiger partial charge on any atom is 0.307 e. The zero-order chi connectivity index (χ0) is 22.9. The topological polar surface area (TPSA) is 66.8 Å². The zero-order valence-corrected chi connectivity index (χ0v) is 18.9. The summed E-state index contributed by atoms with van der Waals surface area (Å²) in [5.74, 6) is -0.208. The molecule has 0 bridgehead atoms. The van der Waals surface area contributed by atoms with Crippen molar-refractivity contribution in [1.29, 1.82) is 0 Å². The molecule has 0 spiro atoms. The molecule has 2 heterocycles. The van der Waals surface area contributed by atoms with Gasteiger partial charge >= 0.3 is 5.97 Å². The number of hydrogen-bond donors (Lipinski definition) is 1. The van der Waals surface area contributed by atoms with E-state index in [0.29, 0.717) is 37.3 Å². The monoisotopic (exact) mass is 449 g/mol. The van der Waals surface area contributed by atoms with Gasteiger partial charge in [-0.1, -0.05) is 0 Å². The quantitative estimate of drug-likeness (QED) is 0.632. The molecule has 2 saturated carbocycles. The molecule has 2 aromatic carbocycles. The number of rotatable bonds is 6. The highest BCUT2D eigenvalue weighted by Crippen LogP contribution is 2.56. The van der Waals surface area contributed by atoms with Crippen molar-refractivity contribution in [3.8, 4) is 16.9 Å². The summed E-state index contributed by atoms with van der Waals surface area (Å²) >= 11 is 0. The minimum Gasteiger partial charge on any atom is -0.490 e. The number of carbonyl (C=O) groups excluding carboxylic acids is 1. The highest BCUT2D eigenvalue weighted by molar-refractivity contribution is 5.85. The van der Waals surface area contributed by atoms with Crippen molar-refractivity contribution in [2.45, 2.75) is 76.8 Å². The summed E-state index contributed by atoms with van der Waals surface area (Å²) in [6, 6.07) is 1.57. The van der Waals surface area contributed by atoms with Crippen LogP contribution in [-0.4, -0.2) is 29.0 Å². The van der Waals surface area contributed by atoms with Crippen molar-refractivity contribution in [2.75, 3.05) is 6.61 Å². The maximum atomic E-state index is 15.3. The minimum atomic E-state index is -0.871. The molecule has 33 heavy (non-hydrogen) atoms. The molecule has 2 aliphatic carbocycles. The molecule has 0 radical (unpaired) electrons. The Bertz CT molecular complexity index is 1200. The minimum absolute atomic E-state index is 0.0795. The van der Waals surface area contributed by atoms with Crippen LogP contribution in [0.1, 0.15) is 82.9 Å². The highest BCUT2D eigenvalue weighted by atomic mass is 19.1. The van der Waals surface area contributed by atoms with Gasteiger partial charge in [0.2, 0.25) is 6.41 Å². The summed E-state index contributed by atoms with van der Waals surface area (Å²) in [6.45, 7) is 3.64. The van der Waals surface area contributed by atoms with E-state index in [4.69, 9.17) is 4.74 Å². The molecular weight excluding hydrogens is 421 g/mol. The third-order valence-corrected chi connectivity index (χ3v) is 7.79. The van der Waals surface area contributed by atoms with Crippen LogP contribution < -0.4 is 4.74 Å². The molecule has 0 saturated heterocycles. The smallest absolute Gasteiger partial charge is 0.307 e. The second-order valence-corrected chi connectivity index (χ2v) is 10.1. The molecule has 0 aromatic heterocycles. The van der Waals surface area contributed by atoms with Gasteiger partial charge in [0.1, 0.15) is 0 Å². The molecule has 5 nitrogen and oxygen atoms in total. The first-order valence-corrected chi connectivity index (χ1v) is 12.0. The number of aliphatic carboxylic acids is 1. The normalized spacial score (nSPS) is 19.2. The summed E-state index contributed by atoms with van der Waals surface area (Å²) in [7, 11) is 0. The second-order valence-electron chi connectivity index (χ2n) is 10.1. The van der Waals surface area contributed by atoms with Crippen LogP contribution in [0, 0.1) is 12.7 Å². The molecule has 2 aliphatic heterocycles. The highest BCUT2D eigenvalue weighted by Gasteiger charge is 2.41. The number of nitrogens with zero attached hydrogens (tertiary/aromatic N) is 1. The molecule has 1 amide bonds. The Kier molecular flexibility index (Phi) is 4.75. The Morgan fingerprint density at radius 1 is 1.15 bits per heavy atom. The summed E-state index contributed by atoms with van der Waals surface area (Å²) in [5, 5.41) is 9.91. The fourth-order valence-corrected chi connectivity index (χ4v) is 6.10. The predicted octanol–water partition coefficient (Wildman–Crippen LogP) is 4.98. The number of carboxylic acids is 1. The fraction of sp³-hybridized carbons (Fsp3) is 0.481. The number of carbonyl (C=O) groups is 2. The number of halogens is 1. The lowest BCUT2D eigenvalue weighted by Crippen LogP contribution is -2.15. The number of ether oxygens (including phenoxy) is 1. The van der Waals surface area contributed by atoms with Crippen molar-refractivity contribution in [2.24, 2.45) is 0 Å². The summed E-state index contributed by atoms with van der Waals surface area (Å²) in [6.07, 6.45) is 6.59. The van der Waals surface area contributed by atoms with Gasteiger partial charge in [0, 0.05) is 18.7 Å². The van der Waals surface area contributed by atoms with Gasteiger partial charge in [-0.25, -0.2) is 4.39 Å². The van der Waals surface area contributed by atoms with Crippen LogP contribution in [0.4, 0.5) is 4.39 Å². The molecule has 6 rings (SSSR count). The summed E-state index contributed by atoms with van der Waals surface area (Å²) < 4.78 is 21.0. The van der Waals surface area contributed by atoms with Crippen molar-refractivity contribution >= 4 is 12.4 Å².